The molecule has 1 fully saturated rings. The molecule has 0 spiro atoms. The van der Waals surface area contributed by atoms with E-state index >= 15 is 0 Å². The lowest BCUT2D eigenvalue weighted by atomic mass is 9.98. The van der Waals surface area contributed by atoms with E-state index in [1.807, 2.05) is 6.92 Å². The van der Waals surface area contributed by atoms with E-state index in [-0.39, 0.29) is 17.9 Å². The number of carbonyl (C=O) groups is 1. The van der Waals surface area contributed by atoms with Gasteiger partial charge in [-0.25, -0.2) is 0 Å². The number of nitrogens with zero attached hydrogens (tertiary/aromatic N) is 2. The molecule has 5 heteroatoms. The summed E-state index contributed by atoms with van der Waals surface area (Å²) < 4.78 is 4.88. The van der Waals surface area contributed by atoms with Crippen LogP contribution in [0.25, 0.3) is 0 Å². The fourth-order valence-corrected chi connectivity index (χ4v) is 2.05. The molecule has 1 heterocycles. The summed E-state index contributed by atoms with van der Waals surface area (Å²) in [7, 11) is 1.61. The van der Waals surface area contributed by atoms with Crippen molar-refractivity contribution in [1.29, 1.82) is 5.26 Å². The van der Waals surface area contributed by atoms with E-state index < -0.39 is 0 Å². The van der Waals surface area contributed by atoms with Crippen molar-refractivity contribution in [3.8, 4) is 6.07 Å². The van der Waals surface area contributed by atoms with E-state index in [2.05, 4.69) is 16.3 Å². The van der Waals surface area contributed by atoms with Crippen LogP contribution in [-0.2, 0) is 9.53 Å². The molecule has 1 N–H and O–H groups in total. The van der Waals surface area contributed by atoms with Crippen molar-refractivity contribution < 1.29 is 9.53 Å². The molecule has 1 amide bonds. The van der Waals surface area contributed by atoms with Gasteiger partial charge < -0.3 is 10.1 Å². The molecule has 0 aromatic heterocycles. The van der Waals surface area contributed by atoms with Crippen LogP contribution >= 0.6 is 0 Å². The normalized spacial score (nSPS) is 22.8. The molecule has 0 bridgehead atoms. The van der Waals surface area contributed by atoms with Gasteiger partial charge in [-0.05, 0) is 26.3 Å². The van der Waals surface area contributed by atoms with Gasteiger partial charge in [-0.3, -0.25) is 9.69 Å². The third kappa shape index (κ3) is 4.33. The van der Waals surface area contributed by atoms with E-state index in [1.165, 1.54) is 0 Å². The molecular weight excluding hydrogens is 218 g/mol. The van der Waals surface area contributed by atoms with Crippen molar-refractivity contribution in [3.05, 3.63) is 0 Å². The quantitative estimate of drug-likeness (QED) is 0.704. The topological polar surface area (TPSA) is 65.4 Å². The molecule has 0 aromatic carbocycles. The number of hydrogen-bond donors (Lipinski definition) is 1. The highest BCUT2D eigenvalue weighted by atomic mass is 16.5. The molecule has 1 rings (SSSR count). The Bertz CT molecular complexity index is 288. The molecule has 1 aliphatic heterocycles. The number of likely N-dealkylation sites (tertiary alicyclic amines) is 1. The predicted octanol–water partition coefficient (Wildman–Crippen LogP) is 0.373. The fourth-order valence-electron chi connectivity index (χ4n) is 2.05. The summed E-state index contributed by atoms with van der Waals surface area (Å²) in [4.78, 5) is 13.9. The summed E-state index contributed by atoms with van der Waals surface area (Å²) in [5, 5.41) is 11.7. The van der Waals surface area contributed by atoms with Crippen LogP contribution in [0.1, 0.15) is 19.8 Å². The molecule has 0 aromatic rings. The maximum absolute atomic E-state index is 11.8. The summed E-state index contributed by atoms with van der Waals surface area (Å²) in [5.41, 5.74) is 0. The van der Waals surface area contributed by atoms with Crippen LogP contribution in [0.4, 0.5) is 0 Å². The second-order valence-corrected chi connectivity index (χ2v) is 4.42. The van der Waals surface area contributed by atoms with Crippen molar-refractivity contribution in [2.45, 2.75) is 25.8 Å². The Kier molecular flexibility index (Phi) is 5.95. The van der Waals surface area contributed by atoms with Gasteiger partial charge in [0.2, 0.25) is 5.91 Å². The molecule has 2 atom stereocenters. The van der Waals surface area contributed by atoms with Gasteiger partial charge in [0.1, 0.15) is 0 Å². The highest BCUT2D eigenvalue weighted by Crippen LogP contribution is 2.17. The Morgan fingerprint density at radius 3 is 3.12 bits per heavy atom. The van der Waals surface area contributed by atoms with Crippen molar-refractivity contribution in [2.24, 2.45) is 5.92 Å². The summed E-state index contributed by atoms with van der Waals surface area (Å²) in [6.45, 7) is 4.56. The molecule has 0 aliphatic carbocycles. The Balaban J connectivity index is 2.37. The molecule has 1 saturated heterocycles. The molecule has 1 aliphatic rings. The van der Waals surface area contributed by atoms with E-state index in [0.29, 0.717) is 19.7 Å². The minimum atomic E-state index is -0.164. The van der Waals surface area contributed by atoms with Crippen LogP contribution in [0, 0.1) is 17.2 Å². The van der Waals surface area contributed by atoms with E-state index in [9.17, 15) is 4.79 Å². The minimum absolute atomic E-state index is 0.0145. The smallest absolute Gasteiger partial charge is 0.237 e. The van der Waals surface area contributed by atoms with Crippen molar-refractivity contribution >= 4 is 5.91 Å². The maximum atomic E-state index is 11.8. The van der Waals surface area contributed by atoms with Crippen molar-refractivity contribution in [2.75, 3.05) is 33.4 Å². The number of ether oxygens (including phenoxy) is 1. The van der Waals surface area contributed by atoms with Crippen LogP contribution in [-0.4, -0.2) is 50.2 Å². The maximum Gasteiger partial charge on any atom is 0.237 e. The highest BCUT2D eigenvalue weighted by Gasteiger charge is 2.26. The number of nitriles is 1. The van der Waals surface area contributed by atoms with Crippen LogP contribution < -0.4 is 5.32 Å². The number of nitrogens with one attached hydrogen (secondary N) is 1. The molecule has 2 unspecified atom stereocenters. The molecule has 17 heavy (non-hydrogen) atoms. The summed E-state index contributed by atoms with van der Waals surface area (Å²) in [6.07, 6.45) is 1.94. The summed E-state index contributed by atoms with van der Waals surface area (Å²) >= 11 is 0. The molecule has 96 valence electrons. The standard InChI is InChI=1S/C12H21N3O2/c1-10(12(16)14-5-7-17-2)15-6-3-4-11(8-13)9-15/h10-11H,3-7,9H2,1-2H3,(H,14,16). The zero-order valence-electron chi connectivity index (χ0n) is 10.6. The minimum Gasteiger partial charge on any atom is -0.383 e. The zero-order valence-corrected chi connectivity index (χ0v) is 10.6. The second kappa shape index (κ2) is 7.25. The lowest BCUT2D eigenvalue weighted by Crippen LogP contribution is -2.49. The number of piperidine rings is 1. The Hall–Kier alpha value is -1.12. The number of rotatable bonds is 5. The summed E-state index contributed by atoms with van der Waals surface area (Å²) in [5.74, 6) is 0.0821. The van der Waals surface area contributed by atoms with Gasteiger partial charge in [0, 0.05) is 20.2 Å². The van der Waals surface area contributed by atoms with Crippen molar-refractivity contribution in [3.63, 3.8) is 0 Å². The van der Waals surface area contributed by atoms with Gasteiger partial charge in [0.25, 0.3) is 0 Å². The average Bonchev–Trinajstić information content (AvgIpc) is 2.38. The number of carbonyl (C=O) groups excluding carboxylic acids is 1. The first kappa shape index (κ1) is 13.9. The number of methoxy groups -OCH3 is 1. The van der Waals surface area contributed by atoms with Crippen LogP contribution in [0.3, 0.4) is 0 Å². The van der Waals surface area contributed by atoms with E-state index in [0.717, 1.165) is 19.4 Å². The van der Waals surface area contributed by atoms with Gasteiger partial charge in [0.15, 0.2) is 0 Å². The predicted molar refractivity (Wildman–Crippen MR) is 64.3 cm³/mol. The van der Waals surface area contributed by atoms with Gasteiger partial charge in [-0.1, -0.05) is 0 Å². The van der Waals surface area contributed by atoms with E-state index in [4.69, 9.17) is 10.00 Å². The highest BCUT2D eigenvalue weighted by molar-refractivity contribution is 5.81. The van der Waals surface area contributed by atoms with Gasteiger partial charge >= 0.3 is 0 Å². The first-order chi connectivity index (χ1) is 8.19. The zero-order chi connectivity index (χ0) is 12.7. The van der Waals surface area contributed by atoms with Crippen LogP contribution in [0.15, 0.2) is 0 Å². The van der Waals surface area contributed by atoms with Crippen LogP contribution in [0.2, 0.25) is 0 Å². The molecule has 5 nitrogen and oxygen atoms in total. The average molecular weight is 239 g/mol. The Labute approximate surface area is 103 Å². The van der Waals surface area contributed by atoms with Gasteiger partial charge in [-0.15, -0.1) is 0 Å². The molecular formula is C12H21N3O2. The summed E-state index contributed by atoms with van der Waals surface area (Å²) in [6, 6.07) is 2.12. The Morgan fingerprint density at radius 2 is 2.47 bits per heavy atom. The third-order valence-corrected chi connectivity index (χ3v) is 3.17. The Morgan fingerprint density at radius 1 is 1.71 bits per heavy atom. The van der Waals surface area contributed by atoms with Gasteiger partial charge in [0.05, 0.1) is 24.6 Å². The van der Waals surface area contributed by atoms with Gasteiger partial charge in [-0.2, -0.15) is 5.26 Å². The van der Waals surface area contributed by atoms with E-state index in [1.54, 1.807) is 7.11 Å². The second-order valence-electron chi connectivity index (χ2n) is 4.42. The van der Waals surface area contributed by atoms with Crippen molar-refractivity contribution in [1.82, 2.24) is 10.2 Å². The SMILES string of the molecule is COCCNC(=O)C(C)N1CCCC(C#N)C1. The lowest BCUT2D eigenvalue weighted by Gasteiger charge is -2.33. The lowest BCUT2D eigenvalue weighted by molar-refractivity contribution is -0.126. The number of hydrogen-bond acceptors (Lipinski definition) is 4. The fraction of sp³-hybridized carbons (Fsp3) is 0.833. The number of amides is 1. The van der Waals surface area contributed by atoms with Crippen LogP contribution in [0.5, 0.6) is 0 Å². The first-order valence-corrected chi connectivity index (χ1v) is 6.09. The largest absolute Gasteiger partial charge is 0.383 e. The first-order valence-electron chi connectivity index (χ1n) is 6.09. The third-order valence-electron chi connectivity index (χ3n) is 3.17. The molecule has 0 saturated carbocycles. The molecule has 0 radical (unpaired) electrons. The monoisotopic (exact) mass is 239 g/mol.